The summed E-state index contributed by atoms with van der Waals surface area (Å²) in [5.74, 6) is -1.59. The van der Waals surface area contributed by atoms with Crippen molar-refractivity contribution in [2.45, 2.75) is 6.42 Å². The largest absolute Gasteiger partial charge is 0.861 e. The van der Waals surface area contributed by atoms with Crippen molar-refractivity contribution in [3.05, 3.63) is 0 Å². The number of carbonyl (C=O) groups is 2. The van der Waals surface area contributed by atoms with Crippen LogP contribution in [0, 0.1) is 5.41 Å². The molecule has 3 amide bonds. The van der Waals surface area contributed by atoms with Gasteiger partial charge in [0.05, 0.1) is 6.42 Å². The molecule has 0 aromatic carbocycles. The Morgan fingerprint density at radius 3 is 2.31 bits per heavy atom. The molecule has 0 saturated heterocycles. The number of imide groups is 1. The van der Waals surface area contributed by atoms with Crippen LogP contribution in [0.3, 0.4) is 0 Å². The first kappa shape index (κ1) is 10.9. The SMILES string of the molecule is N=C(N)N.O=C1CC([O-])=NC(=O)N1. The first-order valence-electron chi connectivity index (χ1n) is 3.09. The standard InChI is InChI=1S/C4H4N2O3.CH5N3/c7-2-1-3(8)6-4(9)5-2;2-1(3)4/h1H2,(H2,5,6,7,8,9);(H5,2,3,4)/p-1. The molecule has 1 aliphatic heterocycles. The summed E-state index contributed by atoms with van der Waals surface area (Å²) in [6, 6.07) is -0.865. The van der Waals surface area contributed by atoms with Gasteiger partial charge in [0.1, 0.15) is 0 Å². The van der Waals surface area contributed by atoms with E-state index in [2.05, 4.69) is 16.5 Å². The van der Waals surface area contributed by atoms with Crippen LogP contribution in [0.15, 0.2) is 4.99 Å². The summed E-state index contributed by atoms with van der Waals surface area (Å²) in [6.45, 7) is 0. The lowest BCUT2D eigenvalue weighted by molar-refractivity contribution is -0.218. The van der Waals surface area contributed by atoms with Crippen LogP contribution in [-0.2, 0) is 4.79 Å². The number of nitrogens with two attached hydrogens (primary N) is 2. The molecule has 0 atom stereocenters. The Morgan fingerprint density at radius 2 is 2.00 bits per heavy atom. The monoisotopic (exact) mass is 186 g/mol. The van der Waals surface area contributed by atoms with Crippen molar-refractivity contribution in [2.75, 3.05) is 0 Å². The predicted octanol–water partition coefficient (Wildman–Crippen LogP) is -2.78. The number of nitrogens with zero attached hydrogens (tertiary/aromatic N) is 1. The molecule has 1 heterocycles. The van der Waals surface area contributed by atoms with Crippen molar-refractivity contribution in [3.63, 3.8) is 0 Å². The minimum Gasteiger partial charge on any atom is -0.861 e. The first-order valence-corrected chi connectivity index (χ1v) is 3.09. The van der Waals surface area contributed by atoms with Crippen LogP contribution in [0.2, 0.25) is 0 Å². The summed E-state index contributed by atoms with van der Waals surface area (Å²) in [5, 5.41) is 18.1. The number of carbonyl (C=O) groups excluding carboxylic acids is 2. The summed E-state index contributed by atoms with van der Waals surface area (Å²) in [6.07, 6.45) is -0.314. The Bertz CT molecular complexity index is 267. The number of hydrogen-bond donors (Lipinski definition) is 4. The van der Waals surface area contributed by atoms with Gasteiger partial charge in [-0.15, -0.1) is 0 Å². The highest BCUT2D eigenvalue weighted by Gasteiger charge is 2.10. The smallest absolute Gasteiger partial charge is 0.346 e. The van der Waals surface area contributed by atoms with E-state index in [0.29, 0.717) is 0 Å². The zero-order valence-electron chi connectivity index (χ0n) is 6.53. The van der Waals surface area contributed by atoms with Crippen LogP contribution in [0.25, 0.3) is 0 Å². The number of urea groups is 1. The Labute approximate surface area is 73.1 Å². The van der Waals surface area contributed by atoms with E-state index < -0.39 is 17.8 Å². The van der Waals surface area contributed by atoms with E-state index in [1.54, 1.807) is 0 Å². The van der Waals surface area contributed by atoms with Crippen LogP contribution < -0.4 is 21.9 Å². The van der Waals surface area contributed by atoms with E-state index in [9.17, 15) is 14.7 Å². The van der Waals surface area contributed by atoms with Crippen LogP contribution in [0.1, 0.15) is 6.42 Å². The summed E-state index contributed by atoms with van der Waals surface area (Å²) in [5.41, 5.74) is 8.94. The van der Waals surface area contributed by atoms with Crippen molar-refractivity contribution in [1.82, 2.24) is 5.32 Å². The number of nitrogens with one attached hydrogen (secondary N) is 2. The molecule has 0 saturated carbocycles. The van der Waals surface area contributed by atoms with E-state index in [-0.39, 0.29) is 12.4 Å². The fourth-order valence-corrected chi connectivity index (χ4v) is 0.482. The van der Waals surface area contributed by atoms with Crippen LogP contribution >= 0.6 is 0 Å². The molecule has 1 rings (SSSR count). The highest BCUT2D eigenvalue weighted by Crippen LogP contribution is 1.89. The van der Waals surface area contributed by atoms with Gasteiger partial charge in [-0.05, 0) is 5.90 Å². The number of guanidine groups is 1. The molecule has 6 N–H and O–H groups in total. The van der Waals surface area contributed by atoms with Crippen molar-refractivity contribution in [1.29, 1.82) is 5.41 Å². The molecule has 0 aliphatic carbocycles. The van der Waals surface area contributed by atoms with Gasteiger partial charge >= 0.3 is 6.03 Å². The third-order valence-electron chi connectivity index (χ3n) is 0.784. The average Bonchev–Trinajstić information content (AvgIpc) is 1.80. The molecule has 0 spiro atoms. The second-order valence-electron chi connectivity index (χ2n) is 1.99. The zero-order chi connectivity index (χ0) is 10.4. The third kappa shape index (κ3) is 6.28. The van der Waals surface area contributed by atoms with E-state index in [0.717, 1.165) is 0 Å². The zero-order valence-corrected chi connectivity index (χ0v) is 6.53. The molecule has 72 valence electrons. The summed E-state index contributed by atoms with van der Waals surface area (Å²) < 4.78 is 0. The van der Waals surface area contributed by atoms with Crippen molar-refractivity contribution >= 4 is 23.8 Å². The van der Waals surface area contributed by atoms with Crippen molar-refractivity contribution < 1.29 is 14.7 Å². The van der Waals surface area contributed by atoms with Gasteiger partial charge in [-0.3, -0.25) is 15.5 Å². The van der Waals surface area contributed by atoms with E-state index in [1.165, 1.54) is 0 Å². The second-order valence-corrected chi connectivity index (χ2v) is 1.99. The van der Waals surface area contributed by atoms with Gasteiger partial charge in [-0.1, -0.05) is 0 Å². The number of amides is 3. The second kappa shape index (κ2) is 4.70. The van der Waals surface area contributed by atoms with Gasteiger partial charge in [0.2, 0.25) is 5.91 Å². The Morgan fingerprint density at radius 1 is 1.54 bits per heavy atom. The topological polar surface area (TPSA) is 157 Å². The molecule has 8 heteroatoms. The molecular formula is C5H8N5O3-. The minimum absolute atomic E-state index is 0.314. The molecule has 0 aromatic rings. The van der Waals surface area contributed by atoms with Crippen molar-refractivity contribution in [2.24, 2.45) is 16.5 Å². The average molecular weight is 186 g/mol. The molecule has 0 bridgehead atoms. The summed E-state index contributed by atoms with van der Waals surface area (Å²) in [7, 11) is 0. The van der Waals surface area contributed by atoms with E-state index in [4.69, 9.17) is 5.41 Å². The fourth-order valence-electron chi connectivity index (χ4n) is 0.482. The molecule has 0 fully saturated rings. The predicted molar refractivity (Wildman–Crippen MR) is 41.7 cm³/mol. The quantitative estimate of drug-likeness (QED) is 0.237. The number of hydrogen-bond acceptors (Lipinski definition) is 4. The first-order chi connectivity index (χ1) is 5.91. The highest BCUT2D eigenvalue weighted by atomic mass is 16.3. The van der Waals surface area contributed by atoms with E-state index in [1.807, 2.05) is 5.32 Å². The highest BCUT2D eigenvalue weighted by molar-refractivity contribution is 6.10. The van der Waals surface area contributed by atoms with Crippen LogP contribution in [0.5, 0.6) is 0 Å². The molecule has 1 aliphatic rings. The molecule has 0 unspecified atom stereocenters. The van der Waals surface area contributed by atoms with Gasteiger partial charge < -0.3 is 16.6 Å². The van der Waals surface area contributed by atoms with Gasteiger partial charge in [0.15, 0.2) is 5.96 Å². The Kier molecular flexibility index (Phi) is 3.93. The van der Waals surface area contributed by atoms with Gasteiger partial charge in [0.25, 0.3) is 0 Å². The van der Waals surface area contributed by atoms with Crippen molar-refractivity contribution in [3.8, 4) is 0 Å². The third-order valence-corrected chi connectivity index (χ3v) is 0.784. The van der Waals surface area contributed by atoms with Crippen LogP contribution in [-0.4, -0.2) is 23.8 Å². The normalized spacial score (nSPS) is 14.9. The van der Waals surface area contributed by atoms with E-state index >= 15 is 0 Å². The molecular weight excluding hydrogens is 178 g/mol. The maximum Gasteiger partial charge on any atom is 0.346 e. The lowest BCUT2D eigenvalue weighted by Gasteiger charge is -2.13. The molecule has 13 heavy (non-hydrogen) atoms. The maximum atomic E-state index is 10.3. The van der Waals surface area contributed by atoms with Gasteiger partial charge in [-0.25, -0.2) is 9.79 Å². The maximum absolute atomic E-state index is 10.3. The number of aliphatic imine (C=N–C) groups is 1. The Hall–Kier alpha value is -2.12. The van der Waals surface area contributed by atoms with Gasteiger partial charge in [0, 0.05) is 0 Å². The molecule has 0 aromatic heterocycles. The summed E-state index contributed by atoms with van der Waals surface area (Å²) in [4.78, 5) is 23.4. The lowest BCUT2D eigenvalue weighted by atomic mass is 10.4. The Balaban J connectivity index is 0.000000310. The fraction of sp³-hybridized carbons (Fsp3) is 0.200. The summed E-state index contributed by atoms with van der Waals surface area (Å²) >= 11 is 0. The molecule has 8 nitrogen and oxygen atoms in total. The van der Waals surface area contributed by atoms with Crippen LogP contribution in [0.4, 0.5) is 4.79 Å². The molecule has 0 radical (unpaired) electrons. The van der Waals surface area contributed by atoms with Gasteiger partial charge in [-0.2, -0.15) is 0 Å². The lowest BCUT2D eigenvalue weighted by Crippen LogP contribution is -2.39. The minimum atomic E-state index is -0.865. The number of rotatable bonds is 0.